The number of benzene rings is 1. The predicted molar refractivity (Wildman–Crippen MR) is 87.2 cm³/mol. The molecule has 1 rings (SSSR count). The van der Waals surface area contributed by atoms with Crippen molar-refractivity contribution in [3.63, 3.8) is 0 Å². The van der Waals surface area contributed by atoms with Crippen molar-refractivity contribution in [2.75, 3.05) is 13.2 Å². The average Bonchev–Trinajstić information content (AvgIpc) is 2.49. The molecule has 1 aromatic carbocycles. The zero-order chi connectivity index (χ0) is 17.6. The first kappa shape index (κ1) is 19.2. The Morgan fingerprint density at radius 1 is 1.04 bits per heavy atom. The predicted octanol–water partition coefficient (Wildman–Crippen LogP) is 2.70. The van der Waals surface area contributed by atoms with Crippen molar-refractivity contribution in [3.8, 4) is 0 Å². The van der Waals surface area contributed by atoms with E-state index in [4.69, 9.17) is 9.47 Å². The maximum Gasteiger partial charge on any atom is 0.338 e. The molecule has 0 aromatic heterocycles. The molecule has 0 saturated carbocycles. The van der Waals surface area contributed by atoms with E-state index in [2.05, 4.69) is 20.8 Å². The fourth-order valence-corrected chi connectivity index (χ4v) is 1.75. The van der Waals surface area contributed by atoms with Crippen LogP contribution in [0.15, 0.2) is 24.3 Å². The third-order valence-electron chi connectivity index (χ3n) is 3.28. The zero-order valence-corrected chi connectivity index (χ0v) is 14.5. The van der Waals surface area contributed by atoms with Crippen molar-refractivity contribution in [1.82, 2.24) is 0 Å². The Kier molecular flexibility index (Phi) is 6.76. The van der Waals surface area contributed by atoms with Crippen molar-refractivity contribution in [2.45, 2.75) is 46.1 Å². The van der Waals surface area contributed by atoms with Gasteiger partial charge in [-0.05, 0) is 23.1 Å². The summed E-state index contributed by atoms with van der Waals surface area (Å²) >= 11 is 0. The molecule has 128 valence electrons. The smallest absolute Gasteiger partial charge is 0.338 e. The molecular weight excluding hydrogens is 296 g/mol. The standard InChI is InChI=1S/C18H26O5/c1-12(2)16(20)22-10-15(19)11-23-17(21)13-6-8-14(9-7-13)18(3,4)5/h6-9,12,15,19H,10-11H2,1-5H3. The van der Waals surface area contributed by atoms with E-state index >= 15 is 0 Å². The van der Waals surface area contributed by atoms with Crippen molar-refractivity contribution < 1.29 is 24.2 Å². The molecule has 0 aliphatic rings. The van der Waals surface area contributed by atoms with Gasteiger partial charge in [-0.25, -0.2) is 4.79 Å². The highest BCUT2D eigenvalue weighted by Crippen LogP contribution is 2.22. The number of carbonyl (C=O) groups is 2. The van der Waals surface area contributed by atoms with Crippen LogP contribution >= 0.6 is 0 Å². The molecule has 0 spiro atoms. The topological polar surface area (TPSA) is 72.8 Å². The number of esters is 2. The number of aliphatic hydroxyl groups excluding tert-OH is 1. The SMILES string of the molecule is CC(C)C(=O)OCC(O)COC(=O)c1ccc(C(C)(C)C)cc1. The van der Waals surface area contributed by atoms with Gasteiger partial charge in [-0.2, -0.15) is 0 Å². The second-order valence-electron chi connectivity index (χ2n) is 6.86. The van der Waals surface area contributed by atoms with E-state index in [1.54, 1.807) is 26.0 Å². The second kappa shape index (κ2) is 8.11. The van der Waals surface area contributed by atoms with Crippen LogP contribution in [0.1, 0.15) is 50.5 Å². The molecule has 0 amide bonds. The van der Waals surface area contributed by atoms with Gasteiger partial charge in [0.25, 0.3) is 0 Å². The third kappa shape index (κ3) is 6.40. The summed E-state index contributed by atoms with van der Waals surface area (Å²) in [4.78, 5) is 23.2. The monoisotopic (exact) mass is 322 g/mol. The van der Waals surface area contributed by atoms with Crippen LogP contribution in [-0.2, 0) is 19.7 Å². The fourth-order valence-electron chi connectivity index (χ4n) is 1.75. The summed E-state index contributed by atoms with van der Waals surface area (Å²) in [7, 11) is 0. The van der Waals surface area contributed by atoms with Crippen LogP contribution in [-0.4, -0.2) is 36.4 Å². The molecule has 0 fully saturated rings. The highest BCUT2D eigenvalue weighted by molar-refractivity contribution is 5.89. The van der Waals surface area contributed by atoms with Crippen molar-refractivity contribution in [2.24, 2.45) is 5.92 Å². The van der Waals surface area contributed by atoms with Gasteiger partial charge in [0.05, 0.1) is 11.5 Å². The fraction of sp³-hybridized carbons (Fsp3) is 0.556. The molecule has 5 heteroatoms. The van der Waals surface area contributed by atoms with Gasteiger partial charge in [0.15, 0.2) is 0 Å². The molecule has 0 saturated heterocycles. The highest BCUT2D eigenvalue weighted by Gasteiger charge is 2.16. The van der Waals surface area contributed by atoms with Gasteiger partial charge < -0.3 is 14.6 Å². The molecule has 0 aliphatic heterocycles. The molecular formula is C18H26O5. The molecule has 1 N–H and O–H groups in total. The van der Waals surface area contributed by atoms with Gasteiger partial charge in [-0.3, -0.25) is 4.79 Å². The van der Waals surface area contributed by atoms with Crippen molar-refractivity contribution >= 4 is 11.9 Å². The van der Waals surface area contributed by atoms with E-state index in [-0.39, 0.29) is 24.5 Å². The van der Waals surface area contributed by atoms with Crippen LogP contribution in [0.5, 0.6) is 0 Å². The maximum absolute atomic E-state index is 11.9. The maximum atomic E-state index is 11.9. The molecule has 1 aromatic rings. The highest BCUT2D eigenvalue weighted by atomic mass is 16.6. The Bertz CT molecular complexity index is 525. The normalized spacial score (nSPS) is 12.8. The van der Waals surface area contributed by atoms with Crippen molar-refractivity contribution in [1.29, 1.82) is 0 Å². The molecule has 0 bridgehead atoms. The molecule has 0 radical (unpaired) electrons. The lowest BCUT2D eigenvalue weighted by molar-refractivity contribution is -0.151. The summed E-state index contributed by atoms with van der Waals surface area (Å²) in [5.74, 6) is -1.17. The first-order chi connectivity index (χ1) is 10.6. The van der Waals surface area contributed by atoms with Crippen LogP contribution < -0.4 is 0 Å². The molecule has 0 aliphatic carbocycles. The quantitative estimate of drug-likeness (QED) is 0.815. The first-order valence-electron chi connectivity index (χ1n) is 7.73. The van der Waals surface area contributed by atoms with E-state index in [0.29, 0.717) is 5.56 Å². The minimum absolute atomic E-state index is 0.0128. The van der Waals surface area contributed by atoms with Crippen LogP contribution in [0.25, 0.3) is 0 Å². The summed E-state index contributed by atoms with van der Waals surface area (Å²) in [5, 5.41) is 9.67. The van der Waals surface area contributed by atoms with Gasteiger partial charge in [0.2, 0.25) is 0 Å². The summed E-state index contributed by atoms with van der Waals surface area (Å²) < 4.78 is 9.90. The van der Waals surface area contributed by atoms with Gasteiger partial charge in [-0.1, -0.05) is 46.8 Å². The van der Waals surface area contributed by atoms with Crippen LogP contribution in [0, 0.1) is 5.92 Å². The molecule has 23 heavy (non-hydrogen) atoms. The van der Waals surface area contributed by atoms with E-state index in [1.807, 2.05) is 12.1 Å². The Labute approximate surface area is 137 Å². The Morgan fingerprint density at radius 2 is 1.57 bits per heavy atom. The van der Waals surface area contributed by atoms with Gasteiger partial charge in [-0.15, -0.1) is 0 Å². The molecule has 0 heterocycles. The van der Waals surface area contributed by atoms with Gasteiger partial charge >= 0.3 is 11.9 Å². The van der Waals surface area contributed by atoms with E-state index in [1.165, 1.54) is 0 Å². The summed E-state index contributed by atoms with van der Waals surface area (Å²) in [5.41, 5.74) is 1.55. The molecule has 1 atom stereocenters. The minimum Gasteiger partial charge on any atom is -0.463 e. The summed E-state index contributed by atoms with van der Waals surface area (Å²) in [6, 6.07) is 7.18. The molecule has 1 unspecified atom stereocenters. The van der Waals surface area contributed by atoms with Gasteiger partial charge in [0, 0.05) is 0 Å². The lowest BCUT2D eigenvalue weighted by Crippen LogP contribution is -2.26. The van der Waals surface area contributed by atoms with E-state index in [0.717, 1.165) is 5.56 Å². The lowest BCUT2D eigenvalue weighted by atomic mass is 9.87. The summed E-state index contributed by atoms with van der Waals surface area (Å²) in [6.45, 7) is 9.28. The molecule has 5 nitrogen and oxygen atoms in total. The third-order valence-corrected chi connectivity index (χ3v) is 3.28. The number of hydrogen-bond donors (Lipinski definition) is 1. The first-order valence-corrected chi connectivity index (χ1v) is 7.73. The summed E-state index contributed by atoms with van der Waals surface area (Å²) in [6.07, 6.45) is -1.03. The Hall–Kier alpha value is -1.88. The lowest BCUT2D eigenvalue weighted by Gasteiger charge is -2.19. The number of ether oxygens (including phenoxy) is 2. The number of rotatable bonds is 6. The second-order valence-corrected chi connectivity index (χ2v) is 6.86. The van der Waals surface area contributed by atoms with Gasteiger partial charge in [0.1, 0.15) is 19.3 Å². The van der Waals surface area contributed by atoms with Crippen LogP contribution in [0.2, 0.25) is 0 Å². The number of carbonyl (C=O) groups excluding carboxylic acids is 2. The average molecular weight is 322 g/mol. The number of hydrogen-bond acceptors (Lipinski definition) is 5. The zero-order valence-electron chi connectivity index (χ0n) is 14.5. The largest absolute Gasteiger partial charge is 0.463 e. The van der Waals surface area contributed by atoms with Crippen LogP contribution in [0.3, 0.4) is 0 Å². The van der Waals surface area contributed by atoms with E-state index < -0.39 is 18.0 Å². The Balaban J connectivity index is 2.46. The van der Waals surface area contributed by atoms with Crippen molar-refractivity contribution in [3.05, 3.63) is 35.4 Å². The van der Waals surface area contributed by atoms with E-state index in [9.17, 15) is 14.7 Å². The number of aliphatic hydroxyl groups is 1. The minimum atomic E-state index is -1.03. The van der Waals surface area contributed by atoms with Crippen LogP contribution in [0.4, 0.5) is 0 Å². The Morgan fingerprint density at radius 3 is 2.04 bits per heavy atom.